The summed E-state index contributed by atoms with van der Waals surface area (Å²) in [6, 6.07) is 14.6. The fourth-order valence-electron chi connectivity index (χ4n) is 4.24. The van der Waals surface area contributed by atoms with Crippen LogP contribution in [0.1, 0.15) is 32.1 Å². The van der Waals surface area contributed by atoms with Gasteiger partial charge in [-0.15, -0.1) is 11.3 Å². The molecular weight excluding hydrogens is 540 g/mol. The van der Waals surface area contributed by atoms with E-state index in [1.165, 1.54) is 29.3 Å². The molecule has 0 saturated heterocycles. The Hall–Kier alpha value is -3.69. The molecule has 0 aliphatic heterocycles. The van der Waals surface area contributed by atoms with Crippen LogP contribution in [0.2, 0.25) is 5.02 Å². The van der Waals surface area contributed by atoms with E-state index in [1.54, 1.807) is 18.2 Å². The smallest absolute Gasteiger partial charge is 0.306 e. The molecule has 2 aromatic carbocycles. The van der Waals surface area contributed by atoms with Crippen LogP contribution in [0.25, 0.3) is 26.3 Å². The Bertz CT molecular complexity index is 1540. The second-order valence-electron chi connectivity index (χ2n) is 9.32. The zero-order valence-electron chi connectivity index (χ0n) is 21.3. The van der Waals surface area contributed by atoms with Crippen LogP contribution in [-0.4, -0.2) is 41.6 Å². The van der Waals surface area contributed by atoms with E-state index >= 15 is 0 Å². The average molecular weight is 567 g/mol. The highest BCUT2D eigenvalue weighted by molar-refractivity contribution is 7.22. The first-order valence-electron chi connectivity index (χ1n) is 12.7. The molecule has 0 bridgehead atoms. The summed E-state index contributed by atoms with van der Waals surface area (Å²) in [4.78, 5) is 41.5. The number of hydrogen-bond donors (Lipinski definition) is 0. The predicted octanol–water partition coefficient (Wildman–Crippen LogP) is 5.85. The van der Waals surface area contributed by atoms with Crippen molar-refractivity contribution in [1.82, 2.24) is 9.55 Å². The number of thiophene rings is 1. The number of hydrogen-bond acceptors (Lipinski definition) is 8. The van der Waals surface area contributed by atoms with Crippen LogP contribution >= 0.6 is 22.9 Å². The largest absolute Gasteiger partial charge is 0.493 e. The van der Waals surface area contributed by atoms with Gasteiger partial charge < -0.3 is 19.0 Å². The van der Waals surface area contributed by atoms with Crippen LogP contribution in [0.3, 0.4) is 0 Å². The Morgan fingerprint density at radius 2 is 1.97 bits per heavy atom. The Morgan fingerprint density at radius 3 is 2.69 bits per heavy atom. The highest BCUT2D eigenvalue weighted by Gasteiger charge is 2.34. The van der Waals surface area contributed by atoms with Gasteiger partial charge in [0.15, 0.2) is 11.5 Å². The standard InChI is InChI=1S/C29H27ClN2O6S/c1-36-24-14-21(11-12-23(24)37-16-25(18-5-6-18)38-27(34)4-2-3-13-33)32-17-31-22-15-26(39-28(22)29(32)35)19-7-9-20(30)10-8-19/h7-15,17-18,25H,2-6,16H2,1H3/t25-/m0/s1. The second-order valence-corrected chi connectivity index (χ2v) is 10.8. The van der Waals surface area contributed by atoms with E-state index in [4.69, 9.17) is 25.8 Å². The molecule has 10 heteroatoms. The molecular formula is C29H27ClN2O6S. The van der Waals surface area contributed by atoms with Gasteiger partial charge >= 0.3 is 5.97 Å². The number of aldehydes is 1. The number of unbranched alkanes of at least 4 members (excludes halogenated alkanes) is 1. The number of ether oxygens (including phenoxy) is 3. The quantitative estimate of drug-likeness (QED) is 0.121. The van der Waals surface area contributed by atoms with Crippen molar-refractivity contribution >= 4 is 45.4 Å². The summed E-state index contributed by atoms with van der Waals surface area (Å²) in [5, 5.41) is 0.650. The fraction of sp³-hybridized carbons (Fsp3) is 0.310. The maximum atomic E-state index is 13.4. The van der Waals surface area contributed by atoms with E-state index in [0.717, 1.165) is 29.6 Å². The normalized spacial score (nSPS) is 13.7. The van der Waals surface area contributed by atoms with Gasteiger partial charge in [0, 0.05) is 28.8 Å². The number of benzene rings is 2. The number of rotatable bonds is 12. The van der Waals surface area contributed by atoms with Gasteiger partial charge in [0.25, 0.3) is 5.56 Å². The number of aromatic nitrogens is 2. The van der Waals surface area contributed by atoms with Crippen LogP contribution in [0.5, 0.6) is 11.5 Å². The molecule has 1 aliphatic rings. The number of carbonyl (C=O) groups excluding carboxylic acids is 2. The van der Waals surface area contributed by atoms with Gasteiger partial charge in [-0.2, -0.15) is 0 Å². The minimum Gasteiger partial charge on any atom is -0.493 e. The third kappa shape index (κ3) is 6.32. The van der Waals surface area contributed by atoms with Crippen molar-refractivity contribution in [2.24, 2.45) is 5.92 Å². The van der Waals surface area contributed by atoms with Gasteiger partial charge in [-0.05, 0) is 61.1 Å². The average Bonchev–Trinajstić information content (AvgIpc) is 3.70. The number of nitrogens with zero attached hydrogens (tertiary/aromatic N) is 2. The molecule has 2 aromatic heterocycles. The van der Waals surface area contributed by atoms with Crippen molar-refractivity contribution in [2.45, 2.75) is 38.2 Å². The van der Waals surface area contributed by atoms with Crippen molar-refractivity contribution in [2.75, 3.05) is 13.7 Å². The molecule has 0 amide bonds. The van der Waals surface area contributed by atoms with Crippen LogP contribution < -0.4 is 15.0 Å². The zero-order valence-corrected chi connectivity index (χ0v) is 22.9. The van der Waals surface area contributed by atoms with E-state index < -0.39 is 0 Å². The summed E-state index contributed by atoms with van der Waals surface area (Å²) < 4.78 is 19.2. The molecule has 202 valence electrons. The number of carbonyl (C=O) groups is 2. The van der Waals surface area contributed by atoms with Gasteiger partial charge in [0.1, 0.15) is 30.0 Å². The minimum absolute atomic E-state index is 0.184. The maximum absolute atomic E-state index is 13.4. The lowest BCUT2D eigenvalue weighted by molar-refractivity contribution is -0.151. The lowest BCUT2D eigenvalue weighted by Crippen LogP contribution is -2.27. The van der Waals surface area contributed by atoms with E-state index in [-0.39, 0.29) is 36.6 Å². The fourth-order valence-corrected chi connectivity index (χ4v) is 5.41. The monoisotopic (exact) mass is 566 g/mol. The van der Waals surface area contributed by atoms with Gasteiger partial charge in [-0.25, -0.2) is 4.98 Å². The molecule has 5 rings (SSSR count). The first-order chi connectivity index (χ1) is 19.0. The summed E-state index contributed by atoms with van der Waals surface area (Å²) in [6.07, 6.45) is 4.92. The number of methoxy groups -OCH3 is 1. The van der Waals surface area contributed by atoms with Crippen molar-refractivity contribution in [3.63, 3.8) is 0 Å². The lowest BCUT2D eigenvalue weighted by Gasteiger charge is -2.19. The summed E-state index contributed by atoms with van der Waals surface area (Å²) in [5.41, 5.74) is 1.99. The molecule has 0 unspecified atom stereocenters. The summed E-state index contributed by atoms with van der Waals surface area (Å²) in [7, 11) is 1.53. The molecule has 0 spiro atoms. The molecule has 1 atom stereocenters. The highest BCUT2D eigenvalue weighted by atomic mass is 35.5. The molecule has 4 aromatic rings. The Labute approximate surface area is 234 Å². The van der Waals surface area contributed by atoms with Crippen molar-refractivity contribution in [3.8, 4) is 27.6 Å². The van der Waals surface area contributed by atoms with Crippen LogP contribution in [0.15, 0.2) is 59.7 Å². The SMILES string of the molecule is COc1cc(-n2cnc3cc(-c4ccc(Cl)cc4)sc3c2=O)ccc1OC[C@H](OC(=O)CCCC=O)C1CC1. The van der Waals surface area contributed by atoms with Crippen molar-refractivity contribution < 1.29 is 23.8 Å². The van der Waals surface area contributed by atoms with Gasteiger partial charge in [-0.3, -0.25) is 14.2 Å². The van der Waals surface area contributed by atoms with Crippen molar-refractivity contribution in [1.29, 1.82) is 0 Å². The Balaban J connectivity index is 1.33. The summed E-state index contributed by atoms with van der Waals surface area (Å²) >= 11 is 7.39. The minimum atomic E-state index is -0.360. The molecule has 1 aliphatic carbocycles. The van der Waals surface area contributed by atoms with Crippen molar-refractivity contribution in [3.05, 3.63) is 70.2 Å². The molecule has 0 radical (unpaired) electrons. The maximum Gasteiger partial charge on any atom is 0.306 e. The van der Waals surface area contributed by atoms with Crippen LogP contribution in [-0.2, 0) is 14.3 Å². The van der Waals surface area contributed by atoms with Crippen LogP contribution in [0, 0.1) is 5.92 Å². The predicted molar refractivity (Wildman–Crippen MR) is 150 cm³/mol. The third-order valence-electron chi connectivity index (χ3n) is 6.53. The van der Waals surface area contributed by atoms with Gasteiger partial charge in [-0.1, -0.05) is 23.7 Å². The zero-order chi connectivity index (χ0) is 27.4. The first-order valence-corrected chi connectivity index (χ1v) is 13.9. The number of esters is 1. The van der Waals surface area contributed by atoms with E-state index in [0.29, 0.717) is 45.3 Å². The molecule has 1 saturated carbocycles. The van der Waals surface area contributed by atoms with E-state index in [2.05, 4.69) is 4.98 Å². The van der Waals surface area contributed by atoms with Gasteiger partial charge in [0.05, 0.1) is 18.3 Å². The molecule has 2 heterocycles. The topological polar surface area (TPSA) is 96.7 Å². The molecule has 1 fully saturated rings. The Morgan fingerprint density at radius 1 is 1.18 bits per heavy atom. The highest BCUT2D eigenvalue weighted by Crippen LogP contribution is 2.36. The van der Waals surface area contributed by atoms with Gasteiger partial charge in [0.2, 0.25) is 0 Å². The molecule has 8 nitrogen and oxygen atoms in total. The van der Waals surface area contributed by atoms with Crippen LogP contribution in [0.4, 0.5) is 0 Å². The number of fused-ring (bicyclic) bond motifs is 1. The van der Waals surface area contributed by atoms with E-state index in [1.807, 2.05) is 30.3 Å². The summed E-state index contributed by atoms with van der Waals surface area (Å²) in [5.74, 6) is 0.867. The second kappa shape index (κ2) is 12.0. The Kier molecular flexibility index (Phi) is 8.28. The summed E-state index contributed by atoms with van der Waals surface area (Å²) in [6.45, 7) is 0.190. The molecule has 39 heavy (non-hydrogen) atoms. The number of halogens is 1. The first kappa shape index (κ1) is 26.9. The van der Waals surface area contributed by atoms with E-state index in [9.17, 15) is 14.4 Å². The molecule has 0 N–H and O–H groups in total. The third-order valence-corrected chi connectivity index (χ3v) is 7.94. The lowest BCUT2D eigenvalue weighted by atomic mass is 10.2.